The molecule has 4 N–H and O–H groups in total. The Bertz CT molecular complexity index is 740. The average Bonchev–Trinajstić information content (AvgIpc) is 2.71. The molecule has 10 heteroatoms. The van der Waals surface area contributed by atoms with Crippen molar-refractivity contribution in [3.05, 3.63) is 23.8 Å². The van der Waals surface area contributed by atoms with Crippen LogP contribution in [-0.2, 0) is 30.5 Å². The van der Waals surface area contributed by atoms with Gasteiger partial charge in [0, 0.05) is 12.8 Å². The van der Waals surface area contributed by atoms with Gasteiger partial charge in [0.15, 0.2) is 0 Å². The highest BCUT2D eigenvalue weighted by Gasteiger charge is 2.30. The van der Waals surface area contributed by atoms with Gasteiger partial charge in [-0.2, -0.15) is 0 Å². The molecule has 1 aliphatic heterocycles. The van der Waals surface area contributed by atoms with Gasteiger partial charge in [-0.25, -0.2) is 0 Å². The molecule has 2 rings (SSSR count). The second-order valence-electron chi connectivity index (χ2n) is 7.25. The summed E-state index contributed by atoms with van der Waals surface area (Å²) in [5, 5.41) is 24.2. The molecule has 0 saturated carbocycles. The lowest BCUT2D eigenvalue weighted by Gasteiger charge is -2.32. The van der Waals surface area contributed by atoms with E-state index in [1.54, 1.807) is 32.0 Å². The van der Waals surface area contributed by atoms with Crippen molar-refractivity contribution in [2.75, 3.05) is 18.5 Å². The van der Waals surface area contributed by atoms with E-state index in [0.717, 1.165) is 0 Å². The lowest BCUT2D eigenvalue weighted by atomic mass is 10.1. The number of aliphatic hydroxyl groups excluding tert-OH is 2. The first-order valence-corrected chi connectivity index (χ1v) is 9.69. The average molecular weight is 424 g/mol. The molecule has 1 aromatic carbocycles. The van der Waals surface area contributed by atoms with Crippen LogP contribution in [0.1, 0.15) is 32.3 Å². The Kier molecular flexibility index (Phi) is 9.03. The van der Waals surface area contributed by atoms with Crippen LogP contribution in [0.15, 0.2) is 18.2 Å². The number of anilines is 1. The summed E-state index contributed by atoms with van der Waals surface area (Å²) in [6.45, 7) is 2.99. The van der Waals surface area contributed by atoms with Gasteiger partial charge in [0.25, 0.3) is 0 Å². The molecule has 10 nitrogen and oxygen atoms in total. The summed E-state index contributed by atoms with van der Waals surface area (Å²) in [7, 11) is 0. The Morgan fingerprint density at radius 1 is 1.33 bits per heavy atom. The Morgan fingerprint density at radius 2 is 2.10 bits per heavy atom. The smallest absolute Gasteiger partial charge is 0.308 e. The maximum atomic E-state index is 12.0. The topological polar surface area (TPSA) is 143 Å². The molecule has 3 unspecified atom stereocenters. The number of rotatable bonds is 10. The molecule has 2 amide bonds. The van der Waals surface area contributed by atoms with Crippen molar-refractivity contribution in [1.29, 1.82) is 0 Å². The molecule has 1 aromatic rings. The number of esters is 1. The fourth-order valence-electron chi connectivity index (χ4n) is 2.79. The van der Waals surface area contributed by atoms with E-state index in [4.69, 9.17) is 14.2 Å². The van der Waals surface area contributed by atoms with Crippen LogP contribution in [0.2, 0.25) is 0 Å². The van der Waals surface area contributed by atoms with Crippen molar-refractivity contribution in [1.82, 2.24) is 5.32 Å². The Hall–Kier alpha value is -2.69. The van der Waals surface area contributed by atoms with E-state index in [2.05, 4.69) is 10.6 Å². The summed E-state index contributed by atoms with van der Waals surface area (Å²) in [5.74, 6) is -0.844. The van der Waals surface area contributed by atoms with Crippen molar-refractivity contribution in [3.63, 3.8) is 0 Å². The number of amides is 2. The number of carbonyl (C=O) groups excluding carboxylic acids is 3. The highest BCUT2D eigenvalue weighted by molar-refractivity contribution is 5.94. The van der Waals surface area contributed by atoms with Crippen LogP contribution >= 0.6 is 0 Å². The van der Waals surface area contributed by atoms with E-state index in [9.17, 15) is 24.6 Å². The fourth-order valence-corrected chi connectivity index (χ4v) is 2.79. The molecule has 0 radical (unpaired) electrons. The zero-order valence-corrected chi connectivity index (χ0v) is 17.0. The first kappa shape index (κ1) is 23.6. The van der Waals surface area contributed by atoms with E-state index in [1.807, 2.05) is 0 Å². The molecular weight excluding hydrogens is 396 g/mol. The van der Waals surface area contributed by atoms with Gasteiger partial charge >= 0.3 is 5.97 Å². The van der Waals surface area contributed by atoms with Gasteiger partial charge < -0.3 is 35.1 Å². The van der Waals surface area contributed by atoms with Crippen molar-refractivity contribution >= 4 is 24.0 Å². The van der Waals surface area contributed by atoms with Crippen LogP contribution in [0.4, 0.5) is 5.69 Å². The number of hydrogen-bond donors (Lipinski definition) is 4. The monoisotopic (exact) mass is 424 g/mol. The van der Waals surface area contributed by atoms with Crippen molar-refractivity contribution in [2.24, 2.45) is 5.92 Å². The predicted molar refractivity (Wildman–Crippen MR) is 105 cm³/mol. The normalized spacial score (nSPS) is 21.0. The molecule has 1 heterocycles. The zero-order valence-electron chi connectivity index (χ0n) is 17.0. The van der Waals surface area contributed by atoms with Gasteiger partial charge in [0.05, 0.1) is 37.0 Å². The molecule has 0 aromatic heterocycles. The van der Waals surface area contributed by atoms with Crippen molar-refractivity contribution < 1.29 is 38.8 Å². The summed E-state index contributed by atoms with van der Waals surface area (Å²) in [6.07, 6.45) is -1.22. The molecule has 0 spiro atoms. The molecular formula is C20H28N2O8. The minimum absolute atomic E-state index is 0.0156. The number of carbonyl (C=O) groups is 3. The van der Waals surface area contributed by atoms with Crippen LogP contribution in [0.25, 0.3) is 0 Å². The molecule has 30 heavy (non-hydrogen) atoms. The number of nitrogens with one attached hydrogen (secondary N) is 2. The number of benzene rings is 1. The number of ether oxygens (including phenoxy) is 3. The van der Waals surface area contributed by atoms with Crippen LogP contribution < -0.4 is 15.4 Å². The first-order chi connectivity index (χ1) is 14.3. The molecule has 1 saturated heterocycles. The highest BCUT2D eigenvalue weighted by Crippen LogP contribution is 2.30. The van der Waals surface area contributed by atoms with Gasteiger partial charge in [0.1, 0.15) is 12.4 Å². The fraction of sp³-hybridized carbons (Fsp3) is 0.550. The predicted octanol–water partition coefficient (Wildman–Crippen LogP) is 0.307. The molecule has 1 aliphatic rings. The molecule has 0 bridgehead atoms. The van der Waals surface area contributed by atoms with E-state index < -0.39 is 24.4 Å². The van der Waals surface area contributed by atoms with Gasteiger partial charge in [0.2, 0.25) is 18.6 Å². The second-order valence-corrected chi connectivity index (χ2v) is 7.25. The van der Waals surface area contributed by atoms with E-state index >= 15 is 0 Å². The Labute approximate surface area is 174 Å². The van der Waals surface area contributed by atoms with Crippen LogP contribution in [-0.4, -0.2) is 60.1 Å². The standard InChI is InChI=1S/C20H28N2O8/c1-12(2)20(27)28-10-13-3-4-16(22-18(26)8-21-11-24)17(5-13)30-19-7-14(25)6-15(9-23)29-19/h3-5,11-12,14-15,19,23,25H,6-10H2,1-2H3,(H,21,24)(H,22,26). The molecule has 166 valence electrons. The molecule has 1 fully saturated rings. The van der Waals surface area contributed by atoms with Gasteiger partial charge in [-0.05, 0) is 17.7 Å². The minimum Gasteiger partial charge on any atom is -0.463 e. The van der Waals surface area contributed by atoms with Crippen LogP contribution in [0.5, 0.6) is 5.75 Å². The molecule has 0 aliphatic carbocycles. The third kappa shape index (κ3) is 7.29. The number of hydrogen-bond acceptors (Lipinski definition) is 8. The quantitative estimate of drug-likeness (QED) is 0.310. The SMILES string of the molecule is CC(C)C(=O)OCc1ccc(NC(=O)CNC=O)c(OC2CC(O)CC(CO)O2)c1. The Balaban J connectivity index is 2.17. The summed E-state index contributed by atoms with van der Waals surface area (Å²) >= 11 is 0. The van der Waals surface area contributed by atoms with Crippen molar-refractivity contribution in [2.45, 2.75) is 51.8 Å². The second kappa shape index (κ2) is 11.5. The third-order valence-electron chi connectivity index (χ3n) is 4.32. The lowest BCUT2D eigenvalue weighted by molar-refractivity contribution is -0.184. The maximum absolute atomic E-state index is 12.0. The first-order valence-electron chi connectivity index (χ1n) is 9.69. The van der Waals surface area contributed by atoms with Gasteiger partial charge in [-0.1, -0.05) is 19.9 Å². The highest BCUT2D eigenvalue weighted by atomic mass is 16.7. The lowest BCUT2D eigenvalue weighted by Crippen LogP contribution is -2.40. The third-order valence-corrected chi connectivity index (χ3v) is 4.32. The van der Waals surface area contributed by atoms with E-state index in [-0.39, 0.29) is 43.8 Å². The maximum Gasteiger partial charge on any atom is 0.308 e. The number of aliphatic hydroxyl groups is 2. The summed E-state index contributed by atoms with van der Waals surface area (Å²) in [4.78, 5) is 34.1. The minimum atomic E-state index is -0.844. The van der Waals surface area contributed by atoms with Gasteiger partial charge in [-0.3, -0.25) is 14.4 Å². The summed E-state index contributed by atoms with van der Waals surface area (Å²) < 4.78 is 16.7. The van der Waals surface area contributed by atoms with E-state index in [0.29, 0.717) is 24.1 Å². The van der Waals surface area contributed by atoms with Crippen molar-refractivity contribution in [3.8, 4) is 5.75 Å². The van der Waals surface area contributed by atoms with Gasteiger partial charge in [-0.15, -0.1) is 0 Å². The molecule has 3 atom stereocenters. The Morgan fingerprint density at radius 3 is 2.77 bits per heavy atom. The largest absolute Gasteiger partial charge is 0.463 e. The van der Waals surface area contributed by atoms with E-state index in [1.165, 1.54) is 0 Å². The van der Waals surface area contributed by atoms with Crippen LogP contribution in [0.3, 0.4) is 0 Å². The summed E-state index contributed by atoms with van der Waals surface area (Å²) in [6, 6.07) is 4.83. The zero-order chi connectivity index (χ0) is 22.1. The summed E-state index contributed by atoms with van der Waals surface area (Å²) in [5.41, 5.74) is 0.939. The van der Waals surface area contributed by atoms with Crippen LogP contribution in [0, 0.1) is 5.92 Å².